The van der Waals surface area contributed by atoms with Gasteiger partial charge in [0.25, 0.3) is 0 Å². The third kappa shape index (κ3) is 2.24. The Bertz CT molecular complexity index is 339. The molecule has 0 unspecified atom stereocenters. The Kier molecular flexibility index (Phi) is 2.98. The van der Waals surface area contributed by atoms with E-state index in [0.29, 0.717) is 10.4 Å². The first-order valence-electron chi connectivity index (χ1n) is 3.78. The molecule has 1 heterocycles. The topological polar surface area (TPSA) is 63.1 Å². The van der Waals surface area contributed by atoms with Gasteiger partial charge in [0, 0.05) is 12.1 Å². The van der Waals surface area contributed by atoms with E-state index in [4.69, 9.17) is 5.11 Å². The summed E-state index contributed by atoms with van der Waals surface area (Å²) in [6.45, 7) is 3.89. The molecule has 0 spiro atoms. The van der Waals surface area contributed by atoms with Crippen molar-refractivity contribution in [2.45, 2.75) is 19.8 Å². The van der Waals surface area contributed by atoms with Gasteiger partial charge in [0.15, 0.2) is 0 Å². The maximum absolute atomic E-state index is 10.6. The molecule has 0 bridgehead atoms. The Labute approximate surface area is 84.2 Å². The van der Waals surface area contributed by atoms with Gasteiger partial charge in [0.2, 0.25) is 0 Å². The summed E-state index contributed by atoms with van der Waals surface area (Å²) in [6, 6.07) is 0. The van der Waals surface area contributed by atoms with Crippen molar-refractivity contribution in [1.82, 2.24) is 9.97 Å². The zero-order valence-electron chi connectivity index (χ0n) is 7.28. The van der Waals surface area contributed by atoms with Gasteiger partial charge >= 0.3 is 5.97 Å². The lowest BCUT2D eigenvalue weighted by atomic mass is 10.2. The summed E-state index contributed by atoms with van der Waals surface area (Å²) < 4.78 is 0.332. The number of carboxylic acids is 1. The van der Waals surface area contributed by atoms with Crippen LogP contribution in [-0.4, -0.2) is 21.0 Å². The molecule has 0 atom stereocenters. The monoisotopic (exact) mass is 244 g/mol. The number of rotatable bonds is 2. The fourth-order valence-corrected chi connectivity index (χ4v) is 1.25. The molecular formula is C8H9BrN2O2. The van der Waals surface area contributed by atoms with Gasteiger partial charge in [-0.1, -0.05) is 13.8 Å². The van der Waals surface area contributed by atoms with E-state index >= 15 is 0 Å². The fourth-order valence-electron chi connectivity index (χ4n) is 0.795. The fraction of sp³-hybridized carbons (Fsp3) is 0.375. The lowest BCUT2D eigenvalue weighted by molar-refractivity contribution is 0.0694. The number of nitrogens with zero attached hydrogens (tertiary/aromatic N) is 2. The van der Waals surface area contributed by atoms with Crippen molar-refractivity contribution in [1.29, 1.82) is 0 Å². The highest BCUT2D eigenvalue weighted by atomic mass is 79.9. The number of carbonyl (C=O) groups is 1. The number of hydrogen-bond acceptors (Lipinski definition) is 3. The van der Waals surface area contributed by atoms with Gasteiger partial charge in [0.05, 0.1) is 0 Å². The van der Waals surface area contributed by atoms with Crippen molar-refractivity contribution < 1.29 is 9.90 Å². The summed E-state index contributed by atoms with van der Waals surface area (Å²) in [4.78, 5) is 18.5. The van der Waals surface area contributed by atoms with Crippen molar-refractivity contribution in [3.63, 3.8) is 0 Å². The van der Waals surface area contributed by atoms with E-state index in [2.05, 4.69) is 25.9 Å². The van der Waals surface area contributed by atoms with Crippen LogP contribution < -0.4 is 0 Å². The zero-order chi connectivity index (χ0) is 10.0. The molecule has 0 saturated carbocycles. The Morgan fingerprint density at radius 3 is 2.62 bits per heavy atom. The Hall–Kier alpha value is -0.970. The third-order valence-corrected chi connectivity index (χ3v) is 2.11. The molecule has 1 aromatic heterocycles. The molecule has 1 aromatic rings. The molecule has 13 heavy (non-hydrogen) atoms. The van der Waals surface area contributed by atoms with Crippen LogP contribution in [0.25, 0.3) is 0 Å². The van der Waals surface area contributed by atoms with Crippen LogP contribution in [0.4, 0.5) is 0 Å². The van der Waals surface area contributed by atoms with Gasteiger partial charge in [0.1, 0.15) is 16.0 Å². The van der Waals surface area contributed by atoms with Gasteiger partial charge in [-0.15, -0.1) is 0 Å². The van der Waals surface area contributed by atoms with Crippen LogP contribution in [0.1, 0.15) is 35.9 Å². The minimum absolute atomic E-state index is 0.0874. The van der Waals surface area contributed by atoms with Gasteiger partial charge < -0.3 is 5.11 Å². The minimum Gasteiger partial charge on any atom is -0.478 e. The highest BCUT2D eigenvalue weighted by Gasteiger charge is 2.12. The van der Waals surface area contributed by atoms with Crippen LogP contribution in [0.2, 0.25) is 0 Å². The quantitative estimate of drug-likeness (QED) is 0.810. The van der Waals surface area contributed by atoms with Crippen LogP contribution >= 0.6 is 15.9 Å². The summed E-state index contributed by atoms with van der Waals surface area (Å²) >= 11 is 3.08. The lowest BCUT2D eigenvalue weighted by Gasteiger charge is -2.04. The normalized spacial score (nSPS) is 10.5. The molecule has 4 nitrogen and oxygen atoms in total. The molecule has 0 aromatic carbocycles. The largest absolute Gasteiger partial charge is 0.478 e. The smallest absolute Gasteiger partial charge is 0.340 e. The van der Waals surface area contributed by atoms with Crippen LogP contribution in [0, 0.1) is 0 Å². The second kappa shape index (κ2) is 3.83. The molecule has 70 valence electrons. The van der Waals surface area contributed by atoms with E-state index in [0.717, 1.165) is 0 Å². The standard InChI is InChI=1S/C8H9BrN2O2/c1-4(2)7-10-3-5(8(12)13)6(9)11-7/h3-4H,1-2H3,(H,12,13). The van der Waals surface area contributed by atoms with Crippen LogP contribution in [0.5, 0.6) is 0 Å². The average Bonchev–Trinajstić information content (AvgIpc) is 2.03. The van der Waals surface area contributed by atoms with E-state index in [-0.39, 0.29) is 11.5 Å². The molecule has 0 aliphatic rings. The molecular weight excluding hydrogens is 236 g/mol. The van der Waals surface area contributed by atoms with Crippen molar-refractivity contribution in [3.05, 3.63) is 22.2 Å². The van der Waals surface area contributed by atoms with Crippen molar-refractivity contribution in [3.8, 4) is 0 Å². The minimum atomic E-state index is -1.03. The van der Waals surface area contributed by atoms with Crippen LogP contribution in [0.3, 0.4) is 0 Å². The van der Waals surface area contributed by atoms with Gasteiger partial charge in [-0.25, -0.2) is 14.8 Å². The molecule has 1 N–H and O–H groups in total. The predicted octanol–water partition coefficient (Wildman–Crippen LogP) is 2.06. The number of carboxylic acid groups (broad SMARTS) is 1. The maximum Gasteiger partial charge on any atom is 0.340 e. The summed E-state index contributed by atoms with van der Waals surface area (Å²) in [6.07, 6.45) is 1.31. The Morgan fingerprint density at radius 1 is 1.62 bits per heavy atom. The van der Waals surface area contributed by atoms with Crippen molar-refractivity contribution in [2.24, 2.45) is 0 Å². The summed E-state index contributed by atoms with van der Waals surface area (Å²) in [5, 5.41) is 8.69. The molecule has 0 amide bonds. The molecule has 0 fully saturated rings. The molecule has 5 heteroatoms. The predicted molar refractivity (Wildman–Crippen MR) is 50.8 cm³/mol. The molecule has 0 saturated heterocycles. The van der Waals surface area contributed by atoms with E-state index in [1.54, 1.807) is 0 Å². The van der Waals surface area contributed by atoms with E-state index in [1.165, 1.54) is 6.20 Å². The highest BCUT2D eigenvalue weighted by molar-refractivity contribution is 9.10. The van der Waals surface area contributed by atoms with Gasteiger partial charge in [-0.2, -0.15) is 0 Å². The second-order valence-corrected chi connectivity index (χ2v) is 3.64. The number of hydrogen-bond donors (Lipinski definition) is 1. The van der Waals surface area contributed by atoms with Crippen molar-refractivity contribution in [2.75, 3.05) is 0 Å². The van der Waals surface area contributed by atoms with Gasteiger partial charge in [-0.3, -0.25) is 0 Å². The number of aromatic carboxylic acids is 1. The molecule has 0 radical (unpaired) electrons. The SMILES string of the molecule is CC(C)c1ncc(C(=O)O)c(Br)n1. The Morgan fingerprint density at radius 2 is 2.23 bits per heavy atom. The van der Waals surface area contributed by atoms with E-state index in [1.807, 2.05) is 13.8 Å². The summed E-state index contributed by atoms with van der Waals surface area (Å²) in [5.74, 6) is -0.196. The second-order valence-electron chi connectivity index (χ2n) is 2.89. The zero-order valence-corrected chi connectivity index (χ0v) is 8.87. The van der Waals surface area contributed by atoms with Crippen LogP contribution in [0.15, 0.2) is 10.8 Å². The van der Waals surface area contributed by atoms with Crippen LogP contribution in [-0.2, 0) is 0 Å². The van der Waals surface area contributed by atoms with E-state index in [9.17, 15) is 4.79 Å². The first-order chi connectivity index (χ1) is 6.02. The lowest BCUT2D eigenvalue weighted by Crippen LogP contribution is -2.05. The third-order valence-electron chi connectivity index (χ3n) is 1.51. The molecule has 0 aliphatic heterocycles. The van der Waals surface area contributed by atoms with E-state index < -0.39 is 5.97 Å². The summed E-state index contributed by atoms with van der Waals surface area (Å²) in [7, 11) is 0. The van der Waals surface area contributed by atoms with Crippen molar-refractivity contribution >= 4 is 21.9 Å². The molecule has 1 rings (SSSR count). The first kappa shape index (κ1) is 10.1. The average molecular weight is 245 g/mol. The first-order valence-corrected chi connectivity index (χ1v) is 4.57. The maximum atomic E-state index is 10.6. The highest BCUT2D eigenvalue weighted by Crippen LogP contribution is 2.16. The molecule has 0 aliphatic carbocycles. The number of halogens is 1. The summed E-state index contributed by atoms with van der Waals surface area (Å²) in [5.41, 5.74) is 0.0874. The van der Waals surface area contributed by atoms with Gasteiger partial charge in [-0.05, 0) is 15.9 Å². The Balaban J connectivity index is 3.13. The number of aromatic nitrogens is 2.